The van der Waals surface area contributed by atoms with E-state index in [4.69, 9.17) is 9.84 Å². The van der Waals surface area contributed by atoms with E-state index in [0.717, 1.165) is 0 Å². The molecule has 16 heavy (non-hydrogen) atoms. The summed E-state index contributed by atoms with van der Waals surface area (Å²) in [5, 5.41) is 18.2. The fraction of sp³-hybridized carbons (Fsp3) is 0.417. The molecule has 4 heteroatoms. The zero-order chi connectivity index (χ0) is 11.5. The van der Waals surface area contributed by atoms with Gasteiger partial charge in [0.1, 0.15) is 5.75 Å². The molecule has 1 atom stereocenters. The van der Waals surface area contributed by atoms with Gasteiger partial charge in [0, 0.05) is 5.56 Å². The lowest BCUT2D eigenvalue weighted by atomic mass is 10.1. The molecule has 86 valence electrons. The number of aliphatic carboxylic acids is 1. The van der Waals surface area contributed by atoms with Crippen molar-refractivity contribution in [2.75, 3.05) is 6.61 Å². The average Bonchev–Trinajstić information content (AvgIpc) is 3.09. The minimum absolute atomic E-state index is 0.315. The van der Waals surface area contributed by atoms with E-state index in [1.54, 1.807) is 24.3 Å². The van der Waals surface area contributed by atoms with Crippen LogP contribution in [0.4, 0.5) is 0 Å². The minimum atomic E-state index is -1.52. The monoisotopic (exact) mass is 222 g/mol. The second-order valence-electron chi connectivity index (χ2n) is 4.03. The second kappa shape index (κ2) is 4.53. The number of ether oxygens (including phenoxy) is 1. The van der Waals surface area contributed by atoms with Crippen molar-refractivity contribution >= 4 is 5.97 Å². The first kappa shape index (κ1) is 11.0. The van der Waals surface area contributed by atoms with Gasteiger partial charge in [-0.05, 0) is 24.8 Å². The standard InChI is InChI=1S/C12H14O4/c13-11(12(14)15)9-3-1-2-4-10(9)16-7-8-5-6-8/h1-4,8,11,13H,5-7H2,(H,14,15). The zero-order valence-electron chi connectivity index (χ0n) is 8.80. The van der Waals surface area contributed by atoms with Crippen molar-refractivity contribution in [1.29, 1.82) is 0 Å². The van der Waals surface area contributed by atoms with Crippen molar-refractivity contribution in [3.05, 3.63) is 29.8 Å². The van der Waals surface area contributed by atoms with Crippen LogP contribution < -0.4 is 4.74 Å². The SMILES string of the molecule is O=C(O)C(O)c1ccccc1OCC1CC1. The molecule has 2 rings (SSSR count). The molecule has 2 N–H and O–H groups in total. The van der Waals surface area contributed by atoms with Gasteiger partial charge in [-0.2, -0.15) is 0 Å². The second-order valence-corrected chi connectivity index (χ2v) is 4.03. The van der Waals surface area contributed by atoms with Gasteiger partial charge < -0.3 is 14.9 Å². The molecule has 0 bridgehead atoms. The summed E-state index contributed by atoms with van der Waals surface area (Å²) in [6, 6.07) is 6.71. The fourth-order valence-corrected chi connectivity index (χ4v) is 1.46. The summed E-state index contributed by atoms with van der Waals surface area (Å²) < 4.78 is 5.51. The molecule has 0 saturated heterocycles. The van der Waals surface area contributed by atoms with Crippen LogP contribution in [-0.2, 0) is 4.79 Å². The summed E-state index contributed by atoms with van der Waals surface area (Å²) in [5.74, 6) is -0.207. The Kier molecular flexibility index (Phi) is 3.10. The third kappa shape index (κ3) is 2.52. The number of para-hydroxylation sites is 1. The lowest BCUT2D eigenvalue weighted by molar-refractivity contribution is -0.147. The first-order chi connectivity index (χ1) is 7.68. The number of carboxylic acids is 1. The number of aliphatic hydroxyl groups excluding tert-OH is 1. The van der Waals surface area contributed by atoms with E-state index in [0.29, 0.717) is 23.8 Å². The Morgan fingerprint density at radius 3 is 2.75 bits per heavy atom. The van der Waals surface area contributed by atoms with Gasteiger partial charge in [0.15, 0.2) is 6.10 Å². The number of benzene rings is 1. The topological polar surface area (TPSA) is 66.8 Å². The van der Waals surface area contributed by atoms with Gasteiger partial charge in [-0.25, -0.2) is 4.79 Å². The molecular formula is C12H14O4. The Morgan fingerprint density at radius 2 is 2.12 bits per heavy atom. The van der Waals surface area contributed by atoms with E-state index in [1.165, 1.54) is 12.8 Å². The van der Waals surface area contributed by atoms with Gasteiger partial charge in [-0.1, -0.05) is 18.2 Å². The highest BCUT2D eigenvalue weighted by molar-refractivity contribution is 5.75. The quantitative estimate of drug-likeness (QED) is 0.794. The van der Waals surface area contributed by atoms with Gasteiger partial charge >= 0.3 is 5.97 Å². The molecule has 1 fully saturated rings. The largest absolute Gasteiger partial charge is 0.493 e. The summed E-state index contributed by atoms with van der Waals surface area (Å²) in [6.45, 7) is 0.601. The van der Waals surface area contributed by atoms with Crippen LogP contribution in [0.2, 0.25) is 0 Å². The minimum Gasteiger partial charge on any atom is -0.493 e. The Labute approximate surface area is 93.5 Å². The maximum atomic E-state index is 10.7. The van der Waals surface area contributed by atoms with Crippen molar-refractivity contribution in [3.8, 4) is 5.75 Å². The molecule has 0 amide bonds. The van der Waals surface area contributed by atoms with Gasteiger partial charge in [-0.3, -0.25) is 0 Å². The smallest absolute Gasteiger partial charge is 0.337 e. The van der Waals surface area contributed by atoms with E-state index in [1.807, 2.05) is 0 Å². The van der Waals surface area contributed by atoms with Gasteiger partial charge in [0.2, 0.25) is 0 Å². The van der Waals surface area contributed by atoms with Crippen LogP contribution in [0.3, 0.4) is 0 Å². The molecule has 1 unspecified atom stereocenters. The number of carboxylic acid groups (broad SMARTS) is 1. The number of rotatable bonds is 5. The van der Waals surface area contributed by atoms with Crippen molar-refractivity contribution in [3.63, 3.8) is 0 Å². The third-order valence-electron chi connectivity index (χ3n) is 2.62. The van der Waals surface area contributed by atoms with Crippen molar-refractivity contribution in [1.82, 2.24) is 0 Å². The highest BCUT2D eigenvalue weighted by Gasteiger charge is 2.24. The lowest BCUT2D eigenvalue weighted by Crippen LogP contribution is -2.12. The number of carbonyl (C=O) groups is 1. The summed E-state index contributed by atoms with van der Waals surface area (Å²) in [5.41, 5.74) is 0.315. The van der Waals surface area contributed by atoms with Crippen LogP contribution in [0, 0.1) is 5.92 Å². The normalized spacial score (nSPS) is 16.8. The van der Waals surface area contributed by atoms with Gasteiger partial charge in [-0.15, -0.1) is 0 Å². The lowest BCUT2D eigenvalue weighted by Gasteiger charge is -2.13. The maximum Gasteiger partial charge on any atom is 0.337 e. The molecule has 1 aromatic carbocycles. The van der Waals surface area contributed by atoms with Crippen LogP contribution in [0.15, 0.2) is 24.3 Å². The van der Waals surface area contributed by atoms with E-state index in [2.05, 4.69) is 0 Å². The van der Waals surface area contributed by atoms with Crippen LogP contribution in [0.1, 0.15) is 24.5 Å². The van der Waals surface area contributed by atoms with E-state index in [-0.39, 0.29) is 0 Å². The zero-order valence-corrected chi connectivity index (χ0v) is 8.80. The summed E-state index contributed by atoms with van der Waals surface area (Å²) in [6.07, 6.45) is 0.822. The van der Waals surface area contributed by atoms with Crippen LogP contribution in [0.5, 0.6) is 5.75 Å². The van der Waals surface area contributed by atoms with E-state index < -0.39 is 12.1 Å². The molecule has 1 aliphatic rings. The highest BCUT2D eigenvalue weighted by Crippen LogP contribution is 2.31. The van der Waals surface area contributed by atoms with Crippen LogP contribution in [0.25, 0.3) is 0 Å². The molecule has 0 aromatic heterocycles. The average molecular weight is 222 g/mol. The Bertz CT molecular complexity index is 384. The van der Waals surface area contributed by atoms with Gasteiger partial charge in [0.25, 0.3) is 0 Å². The molecule has 0 heterocycles. The van der Waals surface area contributed by atoms with Crippen molar-refractivity contribution in [2.45, 2.75) is 18.9 Å². The molecular weight excluding hydrogens is 208 g/mol. The number of hydrogen-bond donors (Lipinski definition) is 2. The highest BCUT2D eigenvalue weighted by atomic mass is 16.5. The molecule has 1 saturated carbocycles. The van der Waals surface area contributed by atoms with Crippen molar-refractivity contribution < 1.29 is 19.7 Å². The van der Waals surface area contributed by atoms with Crippen LogP contribution >= 0.6 is 0 Å². The molecule has 0 radical (unpaired) electrons. The predicted octanol–water partition coefficient (Wildman–Crippen LogP) is 1.59. The number of hydrogen-bond acceptors (Lipinski definition) is 3. The molecule has 1 aromatic rings. The van der Waals surface area contributed by atoms with E-state index >= 15 is 0 Å². The van der Waals surface area contributed by atoms with E-state index in [9.17, 15) is 9.90 Å². The molecule has 0 aliphatic heterocycles. The first-order valence-electron chi connectivity index (χ1n) is 5.31. The first-order valence-corrected chi connectivity index (χ1v) is 5.31. The maximum absolute atomic E-state index is 10.7. The Hall–Kier alpha value is -1.55. The third-order valence-corrected chi connectivity index (χ3v) is 2.62. The number of aliphatic hydroxyl groups is 1. The fourth-order valence-electron chi connectivity index (χ4n) is 1.46. The van der Waals surface area contributed by atoms with Gasteiger partial charge in [0.05, 0.1) is 6.61 Å². The molecule has 4 nitrogen and oxygen atoms in total. The summed E-state index contributed by atoms with van der Waals surface area (Å²) in [4.78, 5) is 10.7. The van der Waals surface area contributed by atoms with Crippen molar-refractivity contribution in [2.24, 2.45) is 5.92 Å². The Morgan fingerprint density at radius 1 is 1.44 bits per heavy atom. The Balaban J connectivity index is 2.11. The van der Waals surface area contributed by atoms with Crippen LogP contribution in [-0.4, -0.2) is 22.8 Å². The molecule has 1 aliphatic carbocycles. The molecule has 0 spiro atoms. The summed E-state index contributed by atoms with van der Waals surface area (Å²) >= 11 is 0. The predicted molar refractivity (Wildman–Crippen MR) is 57.3 cm³/mol. The summed E-state index contributed by atoms with van der Waals surface area (Å²) in [7, 11) is 0.